The monoisotopic (exact) mass is 269 g/mol. The molecule has 0 unspecified atom stereocenters. The molecule has 6 heteroatoms. The third-order valence-electron chi connectivity index (χ3n) is 4.02. The number of nitrogens with one attached hydrogen (secondary N) is 1. The summed E-state index contributed by atoms with van der Waals surface area (Å²) in [5.41, 5.74) is -0.537. The van der Waals surface area contributed by atoms with Crippen molar-refractivity contribution in [3.8, 4) is 0 Å². The minimum absolute atomic E-state index is 0.173. The average molecular weight is 269 g/mol. The van der Waals surface area contributed by atoms with E-state index in [-0.39, 0.29) is 29.5 Å². The lowest BCUT2D eigenvalue weighted by molar-refractivity contribution is 0.0642. The normalized spacial score (nSPS) is 12.8. The summed E-state index contributed by atoms with van der Waals surface area (Å²) in [5, 5.41) is 15.5. The summed E-state index contributed by atoms with van der Waals surface area (Å²) < 4.78 is 4.81. The van der Waals surface area contributed by atoms with Gasteiger partial charge < -0.3 is 19.8 Å². The van der Waals surface area contributed by atoms with Crippen molar-refractivity contribution in [3.05, 3.63) is 17.5 Å². The van der Waals surface area contributed by atoms with E-state index in [0.717, 1.165) is 0 Å². The van der Waals surface area contributed by atoms with Gasteiger partial charge >= 0.3 is 0 Å². The maximum absolute atomic E-state index is 12.1. The van der Waals surface area contributed by atoms with E-state index in [1.807, 2.05) is 27.9 Å². The molecule has 19 heavy (non-hydrogen) atoms. The lowest BCUT2D eigenvalue weighted by Crippen LogP contribution is -2.63. The SMILES string of the molecule is CN(C)C(C)(C)C(C)(C)NC(=O)c1cc(CO)on1. The lowest BCUT2D eigenvalue weighted by atomic mass is 9.81. The summed E-state index contributed by atoms with van der Waals surface area (Å²) >= 11 is 0. The number of hydrogen-bond acceptors (Lipinski definition) is 5. The smallest absolute Gasteiger partial charge is 0.273 e. The number of aromatic nitrogens is 1. The van der Waals surface area contributed by atoms with Gasteiger partial charge in [-0.1, -0.05) is 5.16 Å². The zero-order valence-electron chi connectivity index (χ0n) is 12.4. The Kier molecular flexibility index (Phi) is 4.37. The highest BCUT2D eigenvalue weighted by molar-refractivity contribution is 5.92. The van der Waals surface area contributed by atoms with Gasteiger partial charge in [-0.25, -0.2) is 0 Å². The van der Waals surface area contributed by atoms with E-state index < -0.39 is 5.54 Å². The van der Waals surface area contributed by atoms with E-state index in [1.165, 1.54) is 6.07 Å². The molecule has 108 valence electrons. The molecule has 1 rings (SSSR count). The Morgan fingerprint density at radius 3 is 2.42 bits per heavy atom. The number of likely N-dealkylation sites (N-methyl/N-ethyl adjacent to an activating group) is 1. The van der Waals surface area contributed by atoms with Crippen molar-refractivity contribution in [3.63, 3.8) is 0 Å². The summed E-state index contributed by atoms with van der Waals surface area (Å²) in [7, 11) is 3.93. The summed E-state index contributed by atoms with van der Waals surface area (Å²) in [6, 6.07) is 1.44. The van der Waals surface area contributed by atoms with Crippen molar-refractivity contribution in [2.45, 2.75) is 45.4 Å². The number of carbonyl (C=O) groups is 1. The number of aliphatic hydroxyl groups excluding tert-OH is 1. The minimum Gasteiger partial charge on any atom is -0.388 e. The van der Waals surface area contributed by atoms with E-state index in [9.17, 15) is 4.79 Å². The maximum atomic E-state index is 12.1. The Morgan fingerprint density at radius 1 is 1.42 bits per heavy atom. The van der Waals surface area contributed by atoms with Crippen LogP contribution in [0.3, 0.4) is 0 Å². The standard InChI is InChI=1S/C13H23N3O3/c1-12(2,13(3,4)16(5)6)14-11(18)10-7-9(8-17)19-15-10/h7,17H,8H2,1-6H3,(H,14,18). The Bertz CT molecular complexity index is 450. The first-order valence-electron chi connectivity index (χ1n) is 6.18. The van der Waals surface area contributed by atoms with E-state index >= 15 is 0 Å². The molecule has 0 saturated heterocycles. The molecule has 0 aliphatic carbocycles. The fraction of sp³-hybridized carbons (Fsp3) is 0.692. The van der Waals surface area contributed by atoms with Crippen LogP contribution in [-0.2, 0) is 6.61 Å². The van der Waals surface area contributed by atoms with Crippen LogP contribution in [0.1, 0.15) is 43.9 Å². The van der Waals surface area contributed by atoms with Gasteiger partial charge in [0.25, 0.3) is 5.91 Å². The summed E-state index contributed by atoms with van der Waals surface area (Å²) in [6.45, 7) is 7.74. The zero-order chi connectivity index (χ0) is 14.8. The van der Waals surface area contributed by atoms with Crippen LogP contribution in [0.15, 0.2) is 10.6 Å². The van der Waals surface area contributed by atoms with Gasteiger partial charge in [-0.05, 0) is 41.8 Å². The topological polar surface area (TPSA) is 78.6 Å². The van der Waals surface area contributed by atoms with Gasteiger partial charge in [-0.15, -0.1) is 0 Å². The molecule has 0 fully saturated rings. The Morgan fingerprint density at radius 2 is 2.00 bits per heavy atom. The van der Waals surface area contributed by atoms with Crippen LogP contribution in [-0.4, -0.2) is 46.2 Å². The molecular weight excluding hydrogens is 246 g/mol. The molecule has 1 amide bonds. The average Bonchev–Trinajstić information content (AvgIpc) is 2.76. The second kappa shape index (κ2) is 5.30. The Hall–Kier alpha value is -1.40. The van der Waals surface area contributed by atoms with Gasteiger partial charge in [0.05, 0.1) is 5.54 Å². The van der Waals surface area contributed by atoms with Crippen LogP contribution >= 0.6 is 0 Å². The molecule has 2 N–H and O–H groups in total. The van der Waals surface area contributed by atoms with Crippen molar-refractivity contribution >= 4 is 5.91 Å². The van der Waals surface area contributed by atoms with Gasteiger partial charge in [-0.2, -0.15) is 0 Å². The minimum atomic E-state index is -0.466. The van der Waals surface area contributed by atoms with Gasteiger partial charge in [0.1, 0.15) is 6.61 Å². The zero-order valence-corrected chi connectivity index (χ0v) is 12.4. The molecule has 0 aromatic carbocycles. The number of amides is 1. The van der Waals surface area contributed by atoms with E-state index in [2.05, 4.69) is 29.2 Å². The fourth-order valence-corrected chi connectivity index (χ4v) is 1.55. The van der Waals surface area contributed by atoms with Crippen LogP contribution < -0.4 is 5.32 Å². The second-order valence-electron chi connectivity index (χ2n) is 5.87. The van der Waals surface area contributed by atoms with Gasteiger partial charge in [0.15, 0.2) is 11.5 Å². The highest BCUT2D eigenvalue weighted by atomic mass is 16.5. The molecule has 1 aromatic heterocycles. The van der Waals surface area contributed by atoms with Crippen LogP contribution in [0, 0.1) is 0 Å². The van der Waals surface area contributed by atoms with E-state index in [4.69, 9.17) is 9.63 Å². The predicted molar refractivity (Wildman–Crippen MR) is 71.7 cm³/mol. The Labute approximate surface area is 113 Å². The van der Waals surface area contributed by atoms with Crippen LogP contribution in [0.25, 0.3) is 0 Å². The molecule has 0 bridgehead atoms. The predicted octanol–water partition coefficient (Wildman–Crippen LogP) is 1.02. The van der Waals surface area contributed by atoms with Crippen LogP contribution in [0.4, 0.5) is 0 Å². The number of rotatable bonds is 5. The molecule has 1 heterocycles. The van der Waals surface area contributed by atoms with Crippen LogP contribution in [0.2, 0.25) is 0 Å². The number of nitrogens with zero attached hydrogens (tertiary/aromatic N) is 2. The first kappa shape index (κ1) is 15.7. The molecule has 0 atom stereocenters. The first-order chi connectivity index (χ1) is 8.61. The largest absolute Gasteiger partial charge is 0.388 e. The number of aliphatic hydroxyl groups is 1. The summed E-state index contributed by atoms with van der Waals surface area (Å²) in [4.78, 5) is 14.2. The van der Waals surface area contributed by atoms with Gasteiger partial charge in [0.2, 0.25) is 0 Å². The number of hydrogen-bond donors (Lipinski definition) is 2. The Balaban J connectivity index is 2.86. The highest BCUT2D eigenvalue weighted by Crippen LogP contribution is 2.26. The van der Waals surface area contributed by atoms with E-state index in [0.29, 0.717) is 0 Å². The lowest BCUT2D eigenvalue weighted by Gasteiger charge is -2.46. The molecule has 0 radical (unpaired) electrons. The summed E-state index contributed by atoms with van der Waals surface area (Å²) in [6.07, 6.45) is 0. The fourth-order valence-electron chi connectivity index (χ4n) is 1.55. The van der Waals surface area contributed by atoms with E-state index in [1.54, 1.807) is 0 Å². The molecular formula is C13H23N3O3. The van der Waals surface area contributed by atoms with Gasteiger partial charge in [0, 0.05) is 11.6 Å². The first-order valence-corrected chi connectivity index (χ1v) is 6.18. The second-order valence-corrected chi connectivity index (χ2v) is 5.87. The quantitative estimate of drug-likeness (QED) is 0.834. The highest BCUT2D eigenvalue weighted by Gasteiger charge is 2.40. The molecule has 0 aliphatic heterocycles. The molecule has 1 aromatic rings. The molecule has 0 aliphatic rings. The van der Waals surface area contributed by atoms with Crippen molar-refractivity contribution in [1.82, 2.24) is 15.4 Å². The summed E-state index contributed by atoms with van der Waals surface area (Å²) in [5.74, 6) is -0.0433. The number of carbonyl (C=O) groups excluding carboxylic acids is 1. The third-order valence-corrected chi connectivity index (χ3v) is 4.02. The van der Waals surface area contributed by atoms with Gasteiger partial charge in [-0.3, -0.25) is 4.79 Å². The molecule has 0 spiro atoms. The maximum Gasteiger partial charge on any atom is 0.273 e. The van der Waals surface area contributed by atoms with Crippen molar-refractivity contribution in [2.75, 3.05) is 14.1 Å². The third kappa shape index (κ3) is 3.13. The van der Waals surface area contributed by atoms with Crippen molar-refractivity contribution in [2.24, 2.45) is 0 Å². The van der Waals surface area contributed by atoms with Crippen LogP contribution in [0.5, 0.6) is 0 Å². The van der Waals surface area contributed by atoms with Crippen molar-refractivity contribution in [1.29, 1.82) is 0 Å². The van der Waals surface area contributed by atoms with Crippen molar-refractivity contribution < 1.29 is 14.4 Å². The molecule has 0 saturated carbocycles. The molecule has 6 nitrogen and oxygen atoms in total.